The Morgan fingerprint density at radius 2 is 1.38 bits per heavy atom. The van der Waals surface area contributed by atoms with Crippen molar-refractivity contribution in [3.05, 3.63) is 0 Å². The highest BCUT2D eigenvalue weighted by Gasteiger charge is 2.24. The first-order valence-corrected chi connectivity index (χ1v) is 7.13. The third-order valence-electron chi connectivity index (χ3n) is 2.71. The Bertz CT molecular complexity index is 573. The van der Waals surface area contributed by atoms with Crippen LogP contribution in [0.2, 0.25) is 0 Å². The average Bonchev–Trinajstić information content (AvgIpc) is 2.57. The van der Waals surface area contributed by atoms with Gasteiger partial charge in [-0.2, -0.15) is 15.0 Å². The fraction of sp³-hybridized carbons (Fsp3) is 0.643. The summed E-state index contributed by atoms with van der Waals surface area (Å²) in [4.78, 5) is 64.0. The van der Waals surface area contributed by atoms with Crippen LogP contribution in [0.3, 0.4) is 0 Å². The smallest absolute Gasteiger partial charge is 0.333 e. The maximum absolute atomic E-state index is 11.9. The molecule has 10 heteroatoms. The summed E-state index contributed by atoms with van der Waals surface area (Å²) in [6, 6.07) is -1.29. The minimum atomic E-state index is -1.29. The van der Waals surface area contributed by atoms with E-state index < -0.39 is 30.4 Å². The fourth-order valence-electron chi connectivity index (χ4n) is 1.50. The summed E-state index contributed by atoms with van der Waals surface area (Å²) in [5, 5.41) is 0. The molecule has 0 aromatic rings. The first-order valence-electron chi connectivity index (χ1n) is 7.13. The Kier molecular flexibility index (Phi) is 11.1. The van der Waals surface area contributed by atoms with Gasteiger partial charge < -0.3 is 9.47 Å². The third-order valence-corrected chi connectivity index (χ3v) is 2.71. The van der Waals surface area contributed by atoms with Crippen LogP contribution in [0.25, 0.3) is 0 Å². The highest BCUT2D eigenvalue weighted by molar-refractivity contribution is 5.78. The highest BCUT2D eigenvalue weighted by Crippen LogP contribution is 2.10. The lowest BCUT2D eigenvalue weighted by Gasteiger charge is -2.14. The molecule has 24 heavy (non-hydrogen) atoms. The zero-order valence-electron chi connectivity index (χ0n) is 13.3. The molecule has 0 radical (unpaired) electrons. The van der Waals surface area contributed by atoms with Gasteiger partial charge in [0.25, 0.3) is 0 Å². The molecule has 0 aromatic carbocycles. The lowest BCUT2D eigenvalue weighted by atomic mass is 10.1. The van der Waals surface area contributed by atoms with Crippen molar-refractivity contribution in [2.75, 3.05) is 0 Å². The molecule has 0 amide bonds. The molecule has 0 spiro atoms. The molecule has 0 aliphatic carbocycles. The second-order valence-corrected chi connectivity index (χ2v) is 4.37. The maximum atomic E-state index is 11.9. The first kappa shape index (κ1) is 21.1. The van der Waals surface area contributed by atoms with Crippen molar-refractivity contribution in [1.29, 1.82) is 0 Å². The summed E-state index contributed by atoms with van der Waals surface area (Å²) in [7, 11) is 0. The van der Waals surface area contributed by atoms with Crippen molar-refractivity contribution in [1.82, 2.24) is 0 Å². The van der Waals surface area contributed by atoms with E-state index in [1.54, 1.807) is 13.8 Å². The van der Waals surface area contributed by atoms with Gasteiger partial charge in [-0.1, -0.05) is 13.8 Å². The van der Waals surface area contributed by atoms with Gasteiger partial charge in [0.05, 0.1) is 0 Å². The number of isocyanates is 3. The number of carbonyl (C=O) groups is 2. The maximum Gasteiger partial charge on any atom is 0.333 e. The monoisotopic (exact) mass is 339 g/mol. The normalized spacial score (nSPS) is 13.1. The molecule has 0 heterocycles. The molecule has 0 rings (SSSR count). The van der Waals surface area contributed by atoms with Gasteiger partial charge in [-0.25, -0.2) is 19.2 Å². The van der Waals surface area contributed by atoms with Crippen LogP contribution in [0.1, 0.15) is 39.5 Å². The van der Waals surface area contributed by atoms with Gasteiger partial charge in [0, 0.05) is 19.3 Å². The summed E-state index contributed by atoms with van der Waals surface area (Å²) >= 11 is 0. The third kappa shape index (κ3) is 8.51. The molecule has 3 unspecified atom stereocenters. The zero-order chi connectivity index (χ0) is 18.4. The van der Waals surface area contributed by atoms with E-state index in [4.69, 9.17) is 9.47 Å². The number of ether oxygens (including phenoxy) is 2. The molecule has 3 atom stereocenters. The summed E-state index contributed by atoms with van der Waals surface area (Å²) in [6.07, 6.45) is 1.79. The van der Waals surface area contributed by atoms with Gasteiger partial charge in [-0.15, -0.1) is 0 Å². The van der Waals surface area contributed by atoms with Gasteiger partial charge >= 0.3 is 11.9 Å². The number of hydrogen-bond acceptors (Lipinski definition) is 10. The van der Waals surface area contributed by atoms with E-state index in [9.17, 15) is 24.0 Å². The predicted molar refractivity (Wildman–Crippen MR) is 77.7 cm³/mol. The number of nitrogens with zero attached hydrogens (tertiary/aromatic N) is 3. The SMILES string of the molecule is CCC(N=C=O)OC(=O)CCC(N=C=O)C(=O)OC(CC)N=C=O. The van der Waals surface area contributed by atoms with Crippen LogP contribution in [0.4, 0.5) is 0 Å². The summed E-state index contributed by atoms with van der Waals surface area (Å²) in [5.74, 6) is -1.67. The lowest BCUT2D eigenvalue weighted by Crippen LogP contribution is -2.27. The minimum absolute atomic E-state index is 0.185. The van der Waals surface area contributed by atoms with E-state index in [0.717, 1.165) is 0 Å². The molecule has 0 saturated carbocycles. The Labute approximate surface area is 137 Å². The number of hydrogen-bond donors (Lipinski definition) is 0. The molecular weight excluding hydrogens is 322 g/mol. The zero-order valence-corrected chi connectivity index (χ0v) is 13.3. The largest absolute Gasteiger partial charge is 0.439 e. The van der Waals surface area contributed by atoms with E-state index in [-0.39, 0.29) is 25.7 Å². The van der Waals surface area contributed by atoms with Crippen LogP contribution in [-0.2, 0) is 33.4 Å². The average molecular weight is 339 g/mol. The Balaban J connectivity index is 4.70. The molecule has 0 aliphatic heterocycles. The minimum Gasteiger partial charge on any atom is -0.439 e. The van der Waals surface area contributed by atoms with E-state index in [1.165, 1.54) is 18.2 Å². The number of aliphatic imine (C=N–C) groups is 3. The van der Waals surface area contributed by atoms with Crippen molar-refractivity contribution in [2.45, 2.75) is 58.0 Å². The molecular formula is C14H17N3O7. The van der Waals surface area contributed by atoms with Crippen molar-refractivity contribution in [2.24, 2.45) is 15.0 Å². The van der Waals surface area contributed by atoms with Crippen LogP contribution in [0.5, 0.6) is 0 Å². The molecule has 0 bridgehead atoms. The van der Waals surface area contributed by atoms with Crippen molar-refractivity contribution >= 4 is 30.2 Å². The Morgan fingerprint density at radius 1 is 0.875 bits per heavy atom. The highest BCUT2D eigenvalue weighted by atomic mass is 16.6. The van der Waals surface area contributed by atoms with Crippen LogP contribution in [-0.4, -0.2) is 48.7 Å². The molecule has 0 N–H and O–H groups in total. The Morgan fingerprint density at radius 3 is 1.83 bits per heavy atom. The second kappa shape index (κ2) is 12.6. The number of rotatable bonds is 11. The summed E-state index contributed by atoms with van der Waals surface area (Å²) in [6.45, 7) is 3.26. The van der Waals surface area contributed by atoms with Gasteiger partial charge in [0.2, 0.25) is 30.7 Å². The fourth-order valence-corrected chi connectivity index (χ4v) is 1.50. The quantitative estimate of drug-likeness (QED) is 0.306. The molecule has 0 fully saturated rings. The molecule has 130 valence electrons. The van der Waals surface area contributed by atoms with Gasteiger partial charge in [0.15, 0.2) is 6.04 Å². The first-order chi connectivity index (χ1) is 11.5. The molecule has 0 aromatic heterocycles. The Hall–Kier alpha value is -2.92. The lowest BCUT2D eigenvalue weighted by molar-refractivity contribution is -0.151. The van der Waals surface area contributed by atoms with Crippen LogP contribution >= 0.6 is 0 Å². The van der Waals surface area contributed by atoms with Crippen LogP contribution < -0.4 is 0 Å². The topological polar surface area (TPSA) is 141 Å². The van der Waals surface area contributed by atoms with Gasteiger partial charge in [0.1, 0.15) is 0 Å². The number of esters is 2. The molecule has 0 saturated heterocycles. The van der Waals surface area contributed by atoms with Crippen molar-refractivity contribution in [3.8, 4) is 0 Å². The van der Waals surface area contributed by atoms with Crippen molar-refractivity contribution in [3.63, 3.8) is 0 Å². The second-order valence-electron chi connectivity index (χ2n) is 4.37. The van der Waals surface area contributed by atoms with Gasteiger partial charge in [-0.3, -0.25) is 4.79 Å². The summed E-state index contributed by atoms with van der Waals surface area (Å²) in [5.41, 5.74) is 0. The molecule has 10 nitrogen and oxygen atoms in total. The van der Waals surface area contributed by atoms with Crippen LogP contribution in [0.15, 0.2) is 15.0 Å². The summed E-state index contributed by atoms with van der Waals surface area (Å²) < 4.78 is 9.72. The van der Waals surface area contributed by atoms with E-state index in [0.29, 0.717) is 0 Å². The van der Waals surface area contributed by atoms with Crippen LogP contribution in [0, 0.1) is 0 Å². The van der Waals surface area contributed by atoms with E-state index in [1.807, 2.05) is 0 Å². The number of carbonyl (C=O) groups excluding carboxylic acids is 5. The standard InChI is InChI=1S/C14H17N3O7/c1-3-11(16-8-19)23-13(21)6-5-10(15-7-18)14(22)24-12(4-2)17-9-20/h10-12H,3-6H2,1-2H3. The van der Waals surface area contributed by atoms with E-state index >= 15 is 0 Å². The van der Waals surface area contributed by atoms with E-state index in [2.05, 4.69) is 15.0 Å². The van der Waals surface area contributed by atoms with Gasteiger partial charge in [-0.05, 0) is 6.42 Å². The molecule has 0 aliphatic rings. The van der Waals surface area contributed by atoms with Crippen molar-refractivity contribution < 1.29 is 33.4 Å². The predicted octanol–water partition coefficient (Wildman–Crippen LogP) is 0.701.